The van der Waals surface area contributed by atoms with Crippen LogP contribution >= 0.6 is 27.7 Å². The van der Waals surface area contributed by atoms with Gasteiger partial charge in [0.2, 0.25) is 11.8 Å². The second-order valence-electron chi connectivity index (χ2n) is 7.56. The highest BCUT2D eigenvalue weighted by Crippen LogP contribution is 2.19. The van der Waals surface area contributed by atoms with Crippen molar-refractivity contribution in [1.29, 1.82) is 0 Å². The molecule has 0 bridgehead atoms. The number of nitrogens with one attached hydrogen (secondary N) is 1. The molecule has 0 aromatic heterocycles. The Balaban J connectivity index is 2.05. The summed E-state index contributed by atoms with van der Waals surface area (Å²) in [7, 11) is 0. The Kier molecular flexibility index (Phi) is 10.2. The number of hydrogen-bond acceptors (Lipinski definition) is 5. The molecule has 172 valence electrons. The normalized spacial score (nSPS) is 12.6. The third-order valence-electron chi connectivity index (χ3n) is 5.08. The summed E-state index contributed by atoms with van der Waals surface area (Å²) >= 11 is 4.83. The number of non-ortho nitro benzene ring substituents is 1. The van der Waals surface area contributed by atoms with Gasteiger partial charge in [-0.15, -0.1) is 11.8 Å². The number of amides is 2. The van der Waals surface area contributed by atoms with Gasteiger partial charge < -0.3 is 10.2 Å². The van der Waals surface area contributed by atoms with E-state index in [1.165, 1.54) is 23.9 Å². The van der Waals surface area contributed by atoms with Gasteiger partial charge in [-0.25, -0.2) is 0 Å². The Morgan fingerprint density at radius 2 is 1.69 bits per heavy atom. The minimum Gasteiger partial charge on any atom is -0.352 e. The molecule has 0 fully saturated rings. The van der Waals surface area contributed by atoms with E-state index < -0.39 is 11.0 Å². The Morgan fingerprint density at radius 3 is 2.25 bits per heavy atom. The number of rotatable bonds is 11. The summed E-state index contributed by atoms with van der Waals surface area (Å²) in [4.78, 5) is 37.7. The van der Waals surface area contributed by atoms with E-state index in [1.807, 2.05) is 38.1 Å². The number of carbonyl (C=O) groups excluding carboxylic acids is 2. The van der Waals surface area contributed by atoms with Gasteiger partial charge in [0.05, 0.1) is 10.7 Å². The molecule has 0 heterocycles. The summed E-state index contributed by atoms with van der Waals surface area (Å²) in [6.07, 6.45) is 0.810. The molecular weight excluding hydrogens is 494 g/mol. The lowest BCUT2D eigenvalue weighted by molar-refractivity contribution is -0.384. The van der Waals surface area contributed by atoms with Crippen molar-refractivity contribution in [3.05, 3.63) is 74.2 Å². The number of hydrogen-bond donors (Lipinski definition) is 1. The minimum atomic E-state index is -0.611. The second-order valence-corrected chi connectivity index (χ2v) is 9.46. The zero-order valence-corrected chi connectivity index (χ0v) is 20.8. The lowest BCUT2D eigenvalue weighted by atomic mass is 10.1. The molecule has 0 aliphatic rings. The lowest BCUT2D eigenvalue weighted by Crippen LogP contribution is -2.50. The van der Waals surface area contributed by atoms with Crippen LogP contribution in [0.3, 0.4) is 0 Å². The molecule has 0 saturated heterocycles. The third-order valence-corrected chi connectivity index (χ3v) is 6.59. The molecule has 1 N–H and O–H groups in total. The van der Waals surface area contributed by atoms with Crippen LogP contribution in [-0.4, -0.2) is 39.5 Å². The summed E-state index contributed by atoms with van der Waals surface area (Å²) in [6, 6.07) is 13.4. The summed E-state index contributed by atoms with van der Waals surface area (Å²) in [5, 5.41) is 13.7. The summed E-state index contributed by atoms with van der Waals surface area (Å²) in [5.41, 5.74) is 1.87. The average Bonchev–Trinajstić information content (AvgIpc) is 2.78. The van der Waals surface area contributed by atoms with Gasteiger partial charge in [0.25, 0.3) is 5.69 Å². The van der Waals surface area contributed by atoms with Crippen LogP contribution in [0.1, 0.15) is 38.3 Å². The van der Waals surface area contributed by atoms with E-state index in [-0.39, 0.29) is 29.3 Å². The number of benzene rings is 2. The van der Waals surface area contributed by atoms with E-state index in [9.17, 15) is 19.7 Å². The molecule has 2 amide bonds. The van der Waals surface area contributed by atoms with Crippen LogP contribution in [0, 0.1) is 10.1 Å². The monoisotopic (exact) mass is 521 g/mol. The van der Waals surface area contributed by atoms with Crippen molar-refractivity contribution in [2.24, 2.45) is 0 Å². The van der Waals surface area contributed by atoms with Gasteiger partial charge in [0.15, 0.2) is 0 Å². The van der Waals surface area contributed by atoms with Crippen LogP contribution in [0.25, 0.3) is 0 Å². The first-order valence-electron chi connectivity index (χ1n) is 10.4. The molecule has 2 rings (SSSR count). The van der Waals surface area contributed by atoms with E-state index in [0.29, 0.717) is 12.3 Å². The smallest absolute Gasteiger partial charge is 0.269 e. The Labute approximate surface area is 201 Å². The molecule has 32 heavy (non-hydrogen) atoms. The zero-order valence-electron chi connectivity index (χ0n) is 18.4. The maximum Gasteiger partial charge on any atom is 0.269 e. The fourth-order valence-corrected chi connectivity index (χ4v) is 4.02. The van der Waals surface area contributed by atoms with Crippen LogP contribution in [0.2, 0.25) is 0 Å². The van der Waals surface area contributed by atoms with E-state index in [0.717, 1.165) is 22.0 Å². The van der Waals surface area contributed by atoms with Gasteiger partial charge in [0.1, 0.15) is 6.04 Å². The van der Waals surface area contributed by atoms with Gasteiger partial charge in [0, 0.05) is 34.9 Å². The number of thioether (sulfide) groups is 1. The maximum atomic E-state index is 13.1. The molecule has 0 spiro atoms. The molecule has 0 radical (unpaired) electrons. The van der Waals surface area contributed by atoms with Gasteiger partial charge in [-0.2, -0.15) is 0 Å². The average molecular weight is 522 g/mol. The van der Waals surface area contributed by atoms with Crippen LogP contribution in [-0.2, 0) is 21.9 Å². The number of carbonyl (C=O) groups is 2. The van der Waals surface area contributed by atoms with Crippen LogP contribution in [0.4, 0.5) is 5.69 Å². The molecule has 2 atom stereocenters. The largest absolute Gasteiger partial charge is 0.352 e. The van der Waals surface area contributed by atoms with Crippen molar-refractivity contribution < 1.29 is 14.5 Å². The number of nitrogens with zero attached hydrogens (tertiary/aromatic N) is 2. The van der Waals surface area contributed by atoms with Crippen molar-refractivity contribution >= 4 is 45.2 Å². The summed E-state index contributed by atoms with van der Waals surface area (Å²) < 4.78 is 0.945. The number of nitro benzene ring substituents is 1. The van der Waals surface area contributed by atoms with Gasteiger partial charge in [-0.05, 0) is 43.5 Å². The first-order valence-corrected chi connectivity index (χ1v) is 12.3. The van der Waals surface area contributed by atoms with E-state index in [1.54, 1.807) is 24.0 Å². The van der Waals surface area contributed by atoms with Crippen molar-refractivity contribution in [3.63, 3.8) is 0 Å². The predicted molar refractivity (Wildman–Crippen MR) is 131 cm³/mol. The zero-order chi connectivity index (χ0) is 23.7. The van der Waals surface area contributed by atoms with E-state index in [4.69, 9.17) is 0 Å². The Bertz CT molecular complexity index is 922. The van der Waals surface area contributed by atoms with E-state index in [2.05, 4.69) is 21.2 Å². The standard InChI is InChI=1S/C23H28BrN3O4S/c1-4-16(2)25-23(29)17(3)26(13-18-5-9-20(24)10-6-18)22(28)15-32-14-19-7-11-21(12-8-19)27(30)31/h5-12,16-17H,4,13-15H2,1-3H3,(H,25,29)/t16-,17-/m1/s1. The minimum absolute atomic E-state index is 0.0334. The molecule has 0 aliphatic heterocycles. The quantitative estimate of drug-likeness (QED) is 0.334. The number of halogens is 1. The van der Waals surface area contributed by atoms with Crippen molar-refractivity contribution in [2.45, 2.75) is 51.6 Å². The van der Waals surface area contributed by atoms with Crippen molar-refractivity contribution in [1.82, 2.24) is 10.2 Å². The molecule has 0 unspecified atom stereocenters. The first kappa shape index (κ1) is 25.9. The van der Waals surface area contributed by atoms with Crippen molar-refractivity contribution in [2.75, 3.05) is 5.75 Å². The molecule has 0 saturated carbocycles. The number of nitro groups is 1. The highest BCUT2D eigenvalue weighted by Gasteiger charge is 2.26. The Morgan fingerprint density at radius 1 is 1.09 bits per heavy atom. The molecule has 2 aromatic carbocycles. The SMILES string of the molecule is CC[C@@H](C)NC(=O)[C@@H](C)N(Cc1ccc(Br)cc1)C(=O)CSCc1ccc([N+](=O)[O-])cc1. The highest BCUT2D eigenvalue weighted by molar-refractivity contribution is 9.10. The maximum absolute atomic E-state index is 13.1. The highest BCUT2D eigenvalue weighted by atomic mass is 79.9. The van der Waals surface area contributed by atoms with E-state index >= 15 is 0 Å². The summed E-state index contributed by atoms with van der Waals surface area (Å²) in [6.45, 7) is 6.01. The lowest BCUT2D eigenvalue weighted by Gasteiger charge is -2.29. The molecule has 2 aromatic rings. The van der Waals surface area contributed by atoms with Crippen LogP contribution in [0.5, 0.6) is 0 Å². The molecular formula is C23H28BrN3O4S. The first-order chi connectivity index (χ1) is 15.2. The topological polar surface area (TPSA) is 92.6 Å². The fraction of sp³-hybridized carbons (Fsp3) is 0.391. The fourth-order valence-electron chi connectivity index (χ4n) is 2.89. The van der Waals surface area contributed by atoms with Gasteiger partial charge >= 0.3 is 0 Å². The van der Waals surface area contributed by atoms with Gasteiger partial charge in [-0.3, -0.25) is 19.7 Å². The molecule has 7 nitrogen and oxygen atoms in total. The molecule has 0 aliphatic carbocycles. The van der Waals surface area contributed by atoms with Crippen LogP contribution in [0.15, 0.2) is 53.0 Å². The van der Waals surface area contributed by atoms with Crippen LogP contribution < -0.4 is 5.32 Å². The van der Waals surface area contributed by atoms with Crippen molar-refractivity contribution in [3.8, 4) is 0 Å². The predicted octanol–water partition coefficient (Wildman–Crippen LogP) is 4.92. The molecule has 9 heteroatoms. The summed E-state index contributed by atoms with van der Waals surface area (Å²) in [5.74, 6) is 0.439. The van der Waals surface area contributed by atoms with Gasteiger partial charge in [-0.1, -0.05) is 47.1 Å². The Hall–Kier alpha value is -2.39. The second kappa shape index (κ2) is 12.6. The third kappa shape index (κ3) is 7.94.